The molecule has 17 heavy (non-hydrogen) atoms. The molecule has 0 amide bonds. The van der Waals surface area contributed by atoms with Gasteiger partial charge in [0.1, 0.15) is 5.82 Å². The molecule has 0 saturated carbocycles. The van der Waals surface area contributed by atoms with Crippen molar-refractivity contribution in [3.63, 3.8) is 0 Å². The number of halogens is 3. The molecule has 1 aromatic heterocycles. The predicted octanol–water partition coefficient (Wildman–Crippen LogP) is 2.31. The lowest BCUT2D eigenvalue weighted by atomic mass is 10.2. The number of nitrogens with one attached hydrogen (secondary N) is 1. The predicted molar refractivity (Wildman–Crippen MR) is 58.5 cm³/mol. The van der Waals surface area contributed by atoms with E-state index in [4.69, 9.17) is 0 Å². The SMILES string of the molecule is CNCc1nc2ccc(C(F)(F)F)cc2n1C. The quantitative estimate of drug-likeness (QED) is 0.877. The van der Waals surface area contributed by atoms with E-state index in [0.717, 1.165) is 12.1 Å². The summed E-state index contributed by atoms with van der Waals surface area (Å²) in [4.78, 5) is 4.26. The van der Waals surface area contributed by atoms with Gasteiger partial charge >= 0.3 is 6.18 Å². The molecule has 1 aromatic carbocycles. The van der Waals surface area contributed by atoms with Gasteiger partial charge in [0.2, 0.25) is 0 Å². The van der Waals surface area contributed by atoms with E-state index in [2.05, 4.69) is 10.3 Å². The van der Waals surface area contributed by atoms with Crippen LogP contribution in [0.4, 0.5) is 13.2 Å². The molecule has 6 heteroatoms. The minimum atomic E-state index is -4.32. The molecule has 3 nitrogen and oxygen atoms in total. The molecule has 0 aliphatic heterocycles. The Balaban J connectivity index is 2.57. The van der Waals surface area contributed by atoms with Crippen LogP contribution in [0.1, 0.15) is 11.4 Å². The topological polar surface area (TPSA) is 29.9 Å². The summed E-state index contributed by atoms with van der Waals surface area (Å²) in [6, 6.07) is 3.58. The van der Waals surface area contributed by atoms with E-state index in [1.54, 1.807) is 18.7 Å². The van der Waals surface area contributed by atoms with Gasteiger partial charge in [0, 0.05) is 7.05 Å². The minimum absolute atomic E-state index is 0.491. The van der Waals surface area contributed by atoms with E-state index < -0.39 is 11.7 Å². The van der Waals surface area contributed by atoms with Gasteiger partial charge in [-0.15, -0.1) is 0 Å². The summed E-state index contributed by atoms with van der Waals surface area (Å²) in [5.74, 6) is 0.710. The molecule has 2 aromatic rings. The van der Waals surface area contributed by atoms with Crippen LogP contribution in [-0.2, 0) is 19.8 Å². The highest BCUT2D eigenvalue weighted by atomic mass is 19.4. The van der Waals surface area contributed by atoms with Crippen molar-refractivity contribution >= 4 is 11.0 Å². The van der Waals surface area contributed by atoms with E-state index in [9.17, 15) is 13.2 Å². The van der Waals surface area contributed by atoms with Crippen molar-refractivity contribution in [1.82, 2.24) is 14.9 Å². The fourth-order valence-corrected chi connectivity index (χ4v) is 1.73. The third kappa shape index (κ3) is 2.12. The van der Waals surface area contributed by atoms with Crippen LogP contribution >= 0.6 is 0 Å². The van der Waals surface area contributed by atoms with Crippen LogP contribution in [0.15, 0.2) is 18.2 Å². The van der Waals surface area contributed by atoms with Crippen molar-refractivity contribution in [2.24, 2.45) is 7.05 Å². The number of aryl methyl sites for hydroxylation is 1. The second kappa shape index (κ2) is 4.03. The van der Waals surface area contributed by atoms with Gasteiger partial charge in [0.25, 0.3) is 0 Å². The first-order chi connectivity index (χ1) is 7.93. The fraction of sp³-hybridized carbons (Fsp3) is 0.364. The van der Waals surface area contributed by atoms with Gasteiger partial charge in [-0.25, -0.2) is 4.98 Å². The molecule has 0 spiro atoms. The molecule has 0 aliphatic rings. The summed E-state index contributed by atoms with van der Waals surface area (Å²) in [6.45, 7) is 0.520. The van der Waals surface area contributed by atoms with Crippen molar-refractivity contribution in [2.45, 2.75) is 12.7 Å². The highest BCUT2D eigenvalue weighted by molar-refractivity contribution is 5.77. The number of alkyl halides is 3. The number of benzene rings is 1. The zero-order valence-corrected chi connectivity index (χ0v) is 9.47. The number of hydrogen-bond acceptors (Lipinski definition) is 2. The van der Waals surface area contributed by atoms with Crippen molar-refractivity contribution in [3.05, 3.63) is 29.6 Å². The van der Waals surface area contributed by atoms with Gasteiger partial charge < -0.3 is 9.88 Å². The molecular formula is C11H12F3N3. The standard InChI is InChI=1S/C11H12F3N3/c1-15-6-10-16-8-4-3-7(11(12,13)14)5-9(8)17(10)2/h3-5,15H,6H2,1-2H3. The Kier molecular flexibility index (Phi) is 2.82. The Morgan fingerprint density at radius 2 is 2.06 bits per heavy atom. The lowest BCUT2D eigenvalue weighted by Crippen LogP contribution is -2.10. The number of aromatic nitrogens is 2. The number of rotatable bonds is 2. The number of hydrogen-bond donors (Lipinski definition) is 1. The molecular weight excluding hydrogens is 231 g/mol. The Labute approximate surface area is 96.3 Å². The van der Waals surface area contributed by atoms with E-state index in [1.165, 1.54) is 6.07 Å². The molecule has 0 saturated heterocycles. The lowest BCUT2D eigenvalue weighted by Gasteiger charge is -2.06. The monoisotopic (exact) mass is 243 g/mol. The third-order valence-corrected chi connectivity index (χ3v) is 2.64. The van der Waals surface area contributed by atoms with E-state index in [1.807, 2.05) is 0 Å². The average molecular weight is 243 g/mol. The van der Waals surface area contributed by atoms with Crippen LogP contribution in [0.2, 0.25) is 0 Å². The van der Waals surface area contributed by atoms with Gasteiger partial charge in [-0.2, -0.15) is 13.2 Å². The van der Waals surface area contributed by atoms with Gasteiger partial charge in [-0.1, -0.05) is 0 Å². The van der Waals surface area contributed by atoms with Gasteiger partial charge in [-0.05, 0) is 25.2 Å². The van der Waals surface area contributed by atoms with Crippen LogP contribution in [-0.4, -0.2) is 16.6 Å². The zero-order valence-electron chi connectivity index (χ0n) is 9.47. The van der Waals surface area contributed by atoms with Crippen molar-refractivity contribution in [2.75, 3.05) is 7.05 Å². The van der Waals surface area contributed by atoms with Gasteiger partial charge in [0.05, 0.1) is 23.1 Å². The van der Waals surface area contributed by atoms with Crippen molar-refractivity contribution < 1.29 is 13.2 Å². The summed E-state index contributed by atoms with van der Waals surface area (Å²) in [6.07, 6.45) is -4.32. The summed E-state index contributed by atoms with van der Waals surface area (Å²) < 4.78 is 39.3. The molecule has 1 N–H and O–H groups in total. The Morgan fingerprint density at radius 1 is 1.35 bits per heavy atom. The van der Waals surface area contributed by atoms with Crippen LogP contribution < -0.4 is 5.32 Å². The maximum absolute atomic E-state index is 12.6. The largest absolute Gasteiger partial charge is 0.416 e. The molecule has 2 rings (SSSR count). The molecule has 0 atom stereocenters. The van der Waals surface area contributed by atoms with Crippen LogP contribution in [0.5, 0.6) is 0 Å². The van der Waals surface area contributed by atoms with Gasteiger partial charge in [0.15, 0.2) is 0 Å². The van der Waals surface area contributed by atoms with Crippen molar-refractivity contribution in [1.29, 1.82) is 0 Å². The van der Waals surface area contributed by atoms with Crippen LogP contribution in [0.25, 0.3) is 11.0 Å². The van der Waals surface area contributed by atoms with Crippen molar-refractivity contribution in [3.8, 4) is 0 Å². The van der Waals surface area contributed by atoms with Gasteiger partial charge in [-0.3, -0.25) is 0 Å². The normalized spacial score (nSPS) is 12.3. The van der Waals surface area contributed by atoms with Crippen LogP contribution in [0, 0.1) is 0 Å². The Bertz CT molecular complexity index is 543. The zero-order chi connectivity index (χ0) is 12.6. The molecule has 0 radical (unpaired) electrons. The maximum atomic E-state index is 12.6. The Hall–Kier alpha value is -1.56. The lowest BCUT2D eigenvalue weighted by molar-refractivity contribution is -0.137. The number of imidazole rings is 1. The summed E-state index contributed by atoms with van der Waals surface area (Å²) in [5, 5.41) is 2.93. The highest BCUT2D eigenvalue weighted by Gasteiger charge is 2.30. The second-order valence-corrected chi connectivity index (χ2v) is 3.82. The Morgan fingerprint density at radius 3 is 2.65 bits per heavy atom. The highest BCUT2D eigenvalue weighted by Crippen LogP contribution is 2.31. The molecule has 92 valence electrons. The molecule has 0 bridgehead atoms. The first-order valence-corrected chi connectivity index (χ1v) is 5.10. The summed E-state index contributed by atoms with van der Waals surface area (Å²) in [5.41, 5.74) is 0.417. The fourth-order valence-electron chi connectivity index (χ4n) is 1.73. The maximum Gasteiger partial charge on any atom is 0.416 e. The van der Waals surface area contributed by atoms with E-state index in [-0.39, 0.29) is 0 Å². The first kappa shape index (κ1) is 11.9. The summed E-state index contributed by atoms with van der Waals surface area (Å²) >= 11 is 0. The second-order valence-electron chi connectivity index (χ2n) is 3.82. The van der Waals surface area contributed by atoms with E-state index in [0.29, 0.717) is 23.4 Å². The minimum Gasteiger partial charge on any atom is -0.330 e. The number of fused-ring (bicyclic) bond motifs is 1. The van der Waals surface area contributed by atoms with Crippen LogP contribution in [0.3, 0.4) is 0 Å². The summed E-state index contributed by atoms with van der Waals surface area (Å²) in [7, 11) is 3.47. The molecule has 0 fully saturated rings. The third-order valence-electron chi connectivity index (χ3n) is 2.64. The smallest absolute Gasteiger partial charge is 0.330 e. The molecule has 1 heterocycles. The van der Waals surface area contributed by atoms with E-state index >= 15 is 0 Å². The first-order valence-electron chi connectivity index (χ1n) is 5.10. The molecule has 0 unspecified atom stereocenters. The molecule has 0 aliphatic carbocycles. The average Bonchev–Trinajstić information content (AvgIpc) is 2.55. The number of nitrogens with zero attached hydrogens (tertiary/aromatic N) is 2.